The van der Waals surface area contributed by atoms with Crippen molar-refractivity contribution in [3.05, 3.63) is 114 Å². The Bertz CT molecular complexity index is 1340. The molecule has 1 aromatic heterocycles. The normalized spacial score (nSPS) is 12.5. The summed E-state index contributed by atoms with van der Waals surface area (Å²) >= 11 is 0. The lowest BCUT2D eigenvalue weighted by Crippen LogP contribution is -2.05. The minimum atomic E-state index is -4.03. The summed E-state index contributed by atoms with van der Waals surface area (Å²) in [5, 5.41) is 0.719. The Kier molecular flexibility index (Phi) is 5.50. The van der Waals surface area contributed by atoms with Crippen molar-refractivity contribution in [2.75, 3.05) is 0 Å². The standard InChI is InChI=1S/C24H17FN2O2S/c25-21-14-11-18(12-15-21)13-16-22(19-6-2-1-3-7-19)27-30(28,29)23-10-4-8-20-9-5-17-26-24(20)23/h1-17H/b16-13+,27-22+. The van der Waals surface area contributed by atoms with E-state index < -0.39 is 10.0 Å². The first-order valence-corrected chi connectivity index (χ1v) is 10.6. The molecule has 0 radical (unpaired) electrons. The van der Waals surface area contributed by atoms with Crippen LogP contribution in [0.4, 0.5) is 4.39 Å². The quantitative estimate of drug-likeness (QED) is 0.417. The number of halogens is 1. The van der Waals surface area contributed by atoms with Gasteiger partial charge in [-0.3, -0.25) is 4.98 Å². The van der Waals surface area contributed by atoms with Crippen LogP contribution in [0.1, 0.15) is 11.1 Å². The van der Waals surface area contributed by atoms with Gasteiger partial charge >= 0.3 is 0 Å². The highest BCUT2D eigenvalue weighted by atomic mass is 32.2. The average Bonchev–Trinajstić information content (AvgIpc) is 2.78. The number of sulfonamides is 1. The van der Waals surface area contributed by atoms with Gasteiger partial charge in [0.2, 0.25) is 0 Å². The monoisotopic (exact) mass is 416 g/mol. The number of allylic oxidation sites excluding steroid dienone is 1. The molecule has 6 heteroatoms. The van der Waals surface area contributed by atoms with Gasteiger partial charge in [-0.25, -0.2) is 4.39 Å². The van der Waals surface area contributed by atoms with E-state index in [1.165, 1.54) is 18.2 Å². The molecule has 4 aromatic rings. The van der Waals surface area contributed by atoms with Gasteiger partial charge in [0.15, 0.2) is 0 Å². The number of hydrogen-bond acceptors (Lipinski definition) is 3. The van der Waals surface area contributed by atoms with Crippen LogP contribution < -0.4 is 0 Å². The first-order valence-electron chi connectivity index (χ1n) is 9.21. The van der Waals surface area contributed by atoms with E-state index in [2.05, 4.69) is 9.38 Å². The summed E-state index contributed by atoms with van der Waals surface area (Å²) in [6.45, 7) is 0. The third-order valence-electron chi connectivity index (χ3n) is 4.47. The number of fused-ring (bicyclic) bond motifs is 1. The largest absolute Gasteiger partial charge is 0.285 e. The Hall–Kier alpha value is -3.64. The van der Waals surface area contributed by atoms with E-state index >= 15 is 0 Å². The van der Waals surface area contributed by atoms with E-state index in [9.17, 15) is 12.8 Å². The zero-order chi connectivity index (χ0) is 21.0. The number of hydrogen-bond donors (Lipinski definition) is 0. The molecule has 1 heterocycles. The second-order valence-corrected chi connectivity index (χ2v) is 8.11. The lowest BCUT2D eigenvalue weighted by Gasteiger charge is -2.06. The van der Waals surface area contributed by atoms with Gasteiger partial charge in [0, 0.05) is 17.1 Å². The van der Waals surface area contributed by atoms with Gasteiger partial charge in [-0.05, 0) is 35.9 Å². The minimum Gasteiger partial charge on any atom is -0.255 e. The number of pyridine rings is 1. The van der Waals surface area contributed by atoms with Gasteiger partial charge in [0.1, 0.15) is 10.7 Å². The highest BCUT2D eigenvalue weighted by molar-refractivity contribution is 7.90. The highest BCUT2D eigenvalue weighted by Gasteiger charge is 2.18. The molecule has 30 heavy (non-hydrogen) atoms. The van der Waals surface area contributed by atoms with Crippen molar-refractivity contribution in [3.63, 3.8) is 0 Å². The number of nitrogens with zero attached hydrogens (tertiary/aromatic N) is 2. The molecular weight excluding hydrogens is 399 g/mol. The lowest BCUT2D eigenvalue weighted by atomic mass is 10.1. The van der Waals surface area contributed by atoms with Crippen molar-refractivity contribution in [1.29, 1.82) is 0 Å². The first kappa shape index (κ1) is 19.7. The molecule has 0 unspecified atom stereocenters. The third-order valence-corrected chi connectivity index (χ3v) is 5.79. The molecule has 0 aliphatic carbocycles. The second kappa shape index (κ2) is 8.39. The van der Waals surface area contributed by atoms with Gasteiger partial charge in [-0.2, -0.15) is 12.8 Å². The molecule has 0 N–H and O–H groups in total. The molecule has 0 fully saturated rings. The lowest BCUT2D eigenvalue weighted by molar-refractivity contribution is 0.598. The zero-order valence-corrected chi connectivity index (χ0v) is 16.6. The maximum atomic E-state index is 13.2. The Morgan fingerprint density at radius 3 is 2.37 bits per heavy atom. The van der Waals surface area contributed by atoms with E-state index in [1.807, 2.05) is 18.2 Å². The van der Waals surface area contributed by atoms with Crippen LogP contribution in [0.15, 0.2) is 106 Å². The van der Waals surface area contributed by atoms with Crippen molar-refractivity contribution in [2.24, 2.45) is 4.40 Å². The summed E-state index contributed by atoms with van der Waals surface area (Å²) < 4.78 is 43.6. The van der Waals surface area contributed by atoms with E-state index in [0.717, 1.165) is 10.9 Å². The molecular formula is C24H17FN2O2S. The fourth-order valence-corrected chi connectivity index (χ4v) is 4.19. The maximum absolute atomic E-state index is 13.2. The van der Waals surface area contributed by atoms with Crippen LogP contribution in [0.2, 0.25) is 0 Å². The van der Waals surface area contributed by atoms with Crippen LogP contribution in [0.25, 0.3) is 17.0 Å². The number of benzene rings is 3. The van der Waals surface area contributed by atoms with E-state index in [4.69, 9.17) is 0 Å². The van der Waals surface area contributed by atoms with Crippen LogP contribution in [-0.2, 0) is 10.0 Å². The molecule has 0 amide bonds. The van der Waals surface area contributed by atoms with Crippen molar-refractivity contribution < 1.29 is 12.8 Å². The number of aromatic nitrogens is 1. The summed E-state index contributed by atoms with van der Waals surface area (Å²) in [4.78, 5) is 4.27. The predicted octanol–water partition coefficient (Wildman–Crippen LogP) is 5.27. The summed E-state index contributed by atoms with van der Waals surface area (Å²) in [6.07, 6.45) is 4.86. The maximum Gasteiger partial charge on any atom is 0.285 e. The SMILES string of the molecule is O=S(=O)(/N=C(\C=C\c1ccc(F)cc1)c1ccccc1)c1cccc2cccnc12. The summed E-state index contributed by atoms with van der Waals surface area (Å²) in [7, 11) is -4.03. The summed E-state index contributed by atoms with van der Waals surface area (Å²) in [5.74, 6) is -0.338. The van der Waals surface area contributed by atoms with Crippen molar-refractivity contribution in [1.82, 2.24) is 4.98 Å². The Morgan fingerprint density at radius 1 is 0.867 bits per heavy atom. The predicted molar refractivity (Wildman–Crippen MR) is 117 cm³/mol. The first-order chi connectivity index (χ1) is 14.5. The molecule has 0 aliphatic heterocycles. The van der Waals surface area contributed by atoms with Crippen molar-refractivity contribution in [3.8, 4) is 0 Å². The summed E-state index contributed by atoms with van der Waals surface area (Å²) in [5.41, 5.74) is 2.02. The van der Waals surface area contributed by atoms with E-state index in [1.54, 1.807) is 66.9 Å². The van der Waals surface area contributed by atoms with E-state index in [0.29, 0.717) is 11.1 Å². The van der Waals surface area contributed by atoms with Crippen LogP contribution >= 0.6 is 0 Å². The fraction of sp³-hybridized carbons (Fsp3) is 0. The molecule has 0 saturated carbocycles. The molecule has 4 nitrogen and oxygen atoms in total. The molecule has 3 aromatic carbocycles. The van der Waals surface area contributed by atoms with Gasteiger partial charge in [-0.1, -0.05) is 66.7 Å². The summed E-state index contributed by atoms with van der Waals surface area (Å²) in [6, 6.07) is 23.5. The molecule has 0 spiro atoms. The van der Waals surface area contributed by atoms with Crippen LogP contribution in [0.3, 0.4) is 0 Å². The minimum absolute atomic E-state index is 0.0456. The molecule has 0 aliphatic rings. The van der Waals surface area contributed by atoms with Crippen LogP contribution in [0, 0.1) is 5.82 Å². The molecule has 4 rings (SSSR count). The van der Waals surface area contributed by atoms with Gasteiger partial charge in [-0.15, -0.1) is 0 Å². The molecule has 148 valence electrons. The fourth-order valence-electron chi connectivity index (χ4n) is 3.00. The number of rotatable bonds is 5. The topological polar surface area (TPSA) is 59.4 Å². The van der Waals surface area contributed by atoms with Gasteiger partial charge in [0.05, 0.1) is 11.2 Å². The third kappa shape index (κ3) is 4.34. The number of para-hydroxylation sites is 1. The smallest absolute Gasteiger partial charge is 0.255 e. The highest BCUT2D eigenvalue weighted by Crippen LogP contribution is 2.23. The second-order valence-electron chi connectivity index (χ2n) is 6.53. The van der Waals surface area contributed by atoms with Crippen LogP contribution in [-0.4, -0.2) is 19.1 Å². The van der Waals surface area contributed by atoms with E-state index in [-0.39, 0.29) is 16.4 Å². The Balaban J connectivity index is 1.82. The molecule has 0 saturated heterocycles. The van der Waals surface area contributed by atoms with Crippen molar-refractivity contribution in [2.45, 2.75) is 4.90 Å². The van der Waals surface area contributed by atoms with Crippen LogP contribution in [0.5, 0.6) is 0 Å². The zero-order valence-electron chi connectivity index (χ0n) is 15.8. The molecule has 0 atom stereocenters. The Labute approximate surface area is 174 Å². The molecule has 0 bridgehead atoms. The van der Waals surface area contributed by atoms with Gasteiger partial charge in [0.25, 0.3) is 10.0 Å². The Morgan fingerprint density at radius 2 is 1.60 bits per heavy atom. The van der Waals surface area contributed by atoms with Crippen molar-refractivity contribution >= 4 is 32.7 Å². The van der Waals surface area contributed by atoms with Gasteiger partial charge < -0.3 is 0 Å². The average molecular weight is 416 g/mol.